The zero-order valence-corrected chi connectivity index (χ0v) is 9.73. The summed E-state index contributed by atoms with van der Waals surface area (Å²) in [5, 5.41) is 0. The molecule has 0 aromatic heterocycles. The predicted molar refractivity (Wildman–Crippen MR) is 60.5 cm³/mol. The lowest BCUT2D eigenvalue weighted by Gasteiger charge is -2.22. The number of hydrogen-bond acceptors (Lipinski definition) is 5. The Balaban J connectivity index is 2.45. The molecule has 0 saturated carbocycles. The van der Waals surface area contributed by atoms with E-state index < -0.39 is 0 Å². The van der Waals surface area contributed by atoms with Crippen LogP contribution in [0.1, 0.15) is 18.5 Å². The van der Waals surface area contributed by atoms with Gasteiger partial charge in [-0.25, -0.2) is 4.79 Å². The molecular weight excluding hydrogens is 222 g/mol. The number of nitrogens with zero attached hydrogens (tertiary/aromatic N) is 1. The van der Waals surface area contributed by atoms with Crippen LogP contribution in [0, 0.1) is 0 Å². The molecule has 1 atom stereocenters. The number of fused-ring (bicyclic) bond motifs is 1. The minimum absolute atomic E-state index is 0.280. The topological polar surface area (TPSA) is 57.1 Å². The molecule has 0 N–H and O–H groups in total. The van der Waals surface area contributed by atoms with E-state index in [0.717, 1.165) is 5.56 Å². The minimum atomic E-state index is -0.280. The van der Waals surface area contributed by atoms with Crippen molar-refractivity contribution in [1.82, 2.24) is 0 Å². The quantitative estimate of drug-likeness (QED) is 0.592. The van der Waals surface area contributed by atoms with Crippen molar-refractivity contribution in [2.45, 2.75) is 13.0 Å². The van der Waals surface area contributed by atoms with Crippen LogP contribution in [-0.4, -0.2) is 26.4 Å². The second-order valence-electron chi connectivity index (χ2n) is 3.64. The Labute approximate surface area is 99.0 Å². The first-order valence-electron chi connectivity index (χ1n) is 5.30. The molecule has 0 spiro atoms. The SMILES string of the molecule is COc1cc(C(C)N=C=O)cc2c1OCCO2. The summed E-state index contributed by atoms with van der Waals surface area (Å²) in [5.41, 5.74) is 0.828. The molecule has 90 valence electrons. The molecule has 1 aliphatic rings. The number of methoxy groups -OCH3 is 1. The predicted octanol–water partition coefficient (Wildman–Crippen LogP) is 1.86. The van der Waals surface area contributed by atoms with Gasteiger partial charge in [-0.3, -0.25) is 0 Å². The van der Waals surface area contributed by atoms with Gasteiger partial charge in [0, 0.05) is 0 Å². The van der Waals surface area contributed by atoms with Crippen molar-refractivity contribution in [3.05, 3.63) is 17.7 Å². The lowest BCUT2D eigenvalue weighted by atomic mass is 10.1. The summed E-state index contributed by atoms with van der Waals surface area (Å²) in [4.78, 5) is 13.9. The van der Waals surface area contributed by atoms with E-state index in [1.165, 1.54) is 0 Å². The van der Waals surface area contributed by atoms with E-state index in [9.17, 15) is 4.79 Å². The lowest BCUT2D eigenvalue weighted by Crippen LogP contribution is -2.16. The molecule has 1 aromatic carbocycles. The van der Waals surface area contributed by atoms with Crippen LogP contribution in [0.4, 0.5) is 0 Å². The normalized spacial score (nSPS) is 14.7. The van der Waals surface area contributed by atoms with E-state index >= 15 is 0 Å². The highest BCUT2D eigenvalue weighted by Crippen LogP contribution is 2.41. The fourth-order valence-electron chi connectivity index (χ4n) is 1.69. The Morgan fingerprint density at radius 3 is 2.88 bits per heavy atom. The number of rotatable bonds is 3. The maximum absolute atomic E-state index is 10.3. The van der Waals surface area contributed by atoms with Crippen LogP contribution in [0.5, 0.6) is 17.2 Å². The third-order valence-electron chi connectivity index (χ3n) is 2.58. The Bertz CT molecular complexity index is 449. The number of benzene rings is 1. The van der Waals surface area contributed by atoms with Gasteiger partial charge in [0.2, 0.25) is 11.8 Å². The smallest absolute Gasteiger partial charge is 0.235 e. The van der Waals surface area contributed by atoms with Crippen molar-refractivity contribution >= 4 is 6.08 Å². The first-order valence-corrected chi connectivity index (χ1v) is 5.30. The van der Waals surface area contributed by atoms with E-state index in [-0.39, 0.29) is 6.04 Å². The van der Waals surface area contributed by atoms with Crippen LogP contribution < -0.4 is 14.2 Å². The maximum atomic E-state index is 10.3. The van der Waals surface area contributed by atoms with Crippen molar-refractivity contribution in [2.75, 3.05) is 20.3 Å². The van der Waals surface area contributed by atoms with Crippen LogP contribution in [-0.2, 0) is 4.79 Å². The van der Waals surface area contributed by atoms with E-state index in [1.54, 1.807) is 26.2 Å². The minimum Gasteiger partial charge on any atom is -0.493 e. The molecule has 1 unspecified atom stereocenters. The highest BCUT2D eigenvalue weighted by atomic mass is 16.6. The van der Waals surface area contributed by atoms with Crippen LogP contribution in [0.3, 0.4) is 0 Å². The molecular formula is C12H13NO4. The fourth-order valence-corrected chi connectivity index (χ4v) is 1.69. The number of hydrogen-bond donors (Lipinski definition) is 0. The molecule has 17 heavy (non-hydrogen) atoms. The van der Waals surface area contributed by atoms with E-state index in [4.69, 9.17) is 14.2 Å². The molecule has 1 aliphatic heterocycles. The number of aliphatic imine (C=N–C) groups is 1. The molecule has 0 fully saturated rings. The van der Waals surface area contributed by atoms with Gasteiger partial charge in [-0.15, -0.1) is 0 Å². The average Bonchev–Trinajstić information content (AvgIpc) is 2.37. The highest BCUT2D eigenvalue weighted by molar-refractivity contribution is 5.55. The van der Waals surface area contributed by atoms with Crippen molar-refractivity contribution in [3.63, 3.8) is 0 Å². The molecule has 0 saturated heterocycles. The zero-order chi connectivity index (χ0) is 12.3. The Hall–Kier alpha value is -2.00. The fraction of sp³-hybridized carbons (Fsp3) is 0.417. The van der Waals surface area contributed by atoms with Gasteiger partial charge in [-0.05, 0) is 24.6 Å². The molecule has 0 aliphatic carbocycles. The zero-order valence-electron chi connectivity index (χ0n) is 9.73. The summed E-state index contributed by atoms with van der Waals surface area (Å²) in [5.74, 6) is 1.81. The Kier molecular flexibility index (Phi) is 3.30. The second kappa shape index (κ2) is 4.89. The largest absolute Gasteiger partial charge is 0.493 e. The van der Waals surface area contributed by atoms with Crippen LogP contribution in [0.25, 0.3) is 0 Å². The van der Waals surface area contributed by atoms with Gasteiger partial charge >= 0.3 is 0 Å². The standard InChI is InChI=1S/C12H13NO4/c1-8(13-7-14)9-5-10(15-2)12-11(6-9)16-3-4-17-12/h5-6,8H,3-4H2,1-2H3. The van der Waals surface area contributed by atoms with Gasteiger partial charge < -0.3 is 14.2 Å². The van der Waals surface area contributed by atoms with Gasteiger partial charge in [-0.1, -0.05) is 0 Å². The van der Waals surface area contributed by atoms with Crippen LogP contribution in [0.2, 0.25) is 0 Å². The summed E-state index contributed by atoms with van der Waals surface area (Å²) in [6.45, 7) is 2.81. The van der Waals surface area contributed by atoms with E-state index in [1.807, 2.05) is 6.07 Å². The second-order valence-corrected chi connectivity index (χ2v) is 3.64. The van der Waals surface area contributed by atoms with Gasteiger partial charge in [-0.2, -0.15) is 4.99 Å². The molecule has 1 aromatic rings. The van der Waals surface area contributed by atoms with Gasteiger partial charge in [0.05, 0.1) is 13.2 Å². The first kappa shape index (κ1) is 11.5. The Morgan fingerprint density at radius 1 is 1.41 bits per heavy atom. The van der Waals surface area contributed by atoms with Crippen molar-refractivity contribution < 1.29 is 19.0 Å². The summed E-state index contributed by atoms with van der Waals surface area (Å²) in [6, 6.07) is 3.32. The monoisotopic (exact) mass is 235 g/mol. The number of carbonyl (C=O) groups excluding carboxylic acids is 1. The van der Waals surface area contributed by atoms with Crippen molar-refractivity contribution in [3.8, 4) is 17.2 Å². The molecule has 2 rings (SSSR count). The van der Waals surface area contributed by atoms with E-state index in [0.29, 0.717) is 30.5 Å². The third-order valence-corrected chi connectivity index (χ3v) is 2.58. The first-order chi connectivity index (χ1) is 8.26. The van der Waals surface area contributed by atoms with Crippen LogP contribution in [0.15, 0.2) is 17.1 Å². The maximum Gasteiger partial charge on any atom is 0.235 e. The van der Waals surface area contributed by atoms with Crippen LogP contribution >= 0.6 is 0 Å². The number of isocyanates is 1. The summed E-state index contributed by atoms with van der Waals surface area (Å²) in [7, 11) is 1.56. The molecule has 0 amide bonds. The van der Waals surface area contributed by atoms with Gasteiger partial charge in [0.25, 0.3) is 0 Å². The van der Waals surface area contributed by atoms with E-state index in [2.05, 4.69) is 4.99 Å². The molecule has 0 radical (unpaired) electrons. The van der Waals surface area contributed by atoms with Gasteiger partial charge in [0.1, 0.15) is 13.2 Å². The van der Waals surface area contributed by atoms with Crippen molar-refractivity contribution in [2.24, 2.45) is 4.99 Å². The Morgan fingerprint density at radius 2 is 2.18 bits per heavy atom. The summed E-state index contributed by atoms with van der Waals surface area (Å²) >= 11 is 0. The van der Waals surface area contributed by atoms with Crippen molar-refractivity contribution in [1.29, 1.82) is 0 Å². The lowest BCUT2D eigenvalue weighted by molar-refractivity contribution is 0.165. The van der Waals surface area contributed by atoms with Gasteiger partial charge in [0.15, 0.2) is 11.5 Å². The highest BCUT2D eigenvalue weighted by Gasteiger charge is 2.20. The summed E-state index contributed by atoms with van der Waals surface area (Å²) < 4.78 is 16.2. The molecule has 1 heterocycles. The average molecular weight is 235 g/mol. The molecule has 5 heteroatoms. The number of ether oxygens (including phenoxy) is 3. The third kappa shape index (κ3) is 2.24. The molecule has 5 nitrogen and oxygen atoms in total. The summed E-state index contributed by atoms with van der Waals surface area (Å²) in [6.07, 6.45) is 1.55. The molecule has 0 bridgehead atoms.